The van der Waals surface area contributed by atoms with E-state index in [9.17, 15) is 4.79 Å². The number of rotatable bonds is 3. The van der Waals surface area contributed by atoms with Gasteiger partial charge in [0.15, 0.2) is 0 Å². The second kappa shape index (κ2) is 7.89. The summed E-state index contributed by atoms with van der Waals surface area (Å²) >= 11 is 0. The lowest BCUT2D eigenvalue weighted by molar-refractivity contribution is -0.136. The van der Waals surface area contributed by atoms with Crippen LogP contribution in [-0.4, -0.2) is 76.1 Å². The van der Waals surface area contributed by atoms with Gasteiger partial charge in [-0.05, 0) is 52.0 Å². The second-order valence-electron chi connectivity index (χ2n) is 8.73. The molecule has 0 aromatic carbocycles. The van der Waals surface area contributed by atoms with Crippen LogP contribution in [0.1, 0.15) is 44.2 Å². The van der Waals surface area contributed by atoms with E-state index in [0.29, 0.717) is 17.7 Å². The van der Waals surface area contributed by atoms with E-state index in [4.69, 9.17) is 4.52 Å². The lowest BCUT2D eigenvalue weighted by atomic mass is 9.93. The summed E-state index contributed by atoms with van der Waals surface area (Å²) in [6.45, 7) is 7.84. The second-order valence-corrected chi connectivity index (χ2v) is 8.73. The molecule has 3 aliphatic heterocycles. The number of carbonyl (C=O) groups is 1. The molecule has 0 spiro atoms. The number of nitrogens with zero attached hydrogens (tertiary/aromatic N) is 6. The molecule has 0 N–H and O–H groups in total. The standard InChI is InChI=1S/C21H30N6O2/c1-15-18-19(22-14-23-20(18)29-24-15)25-11-6-17(7-12-25)27-10-4-5-16(13-27)21(28)26-8-2-3-9-26/h14,16-17H,2-13H2,1H3/t16-/m1/s1. The van der Waals surface area contributed by atoms with Gasteiger partial charge in [-0.25, -0.2) is 4.98 Å². The van der Waals surface area contributed by atoms with Crippen LogP contribution in [0.5, 0.6) is 0 Å². The number of hydrogen-bond acceptors (Lipinski definition) is 7. The first kappa shape index (κ1) is 18.8. The number of piperidine rings is 2. The van der Waals surface area contributed by atoms with Gasteiger partial charge in [0.25, 0.3) is 5.71 Å². The lowest BCUT2D eigenvalue weighted by Gasteiger charge is -2.42. The number of carbonyl (C=O) groups excluding carboxylic acids is 1. The molecule has 2 aromatic rings. The fourth-order valence-corrected chi connectivity index (χ4v) is 5.32. The average Bonchev–Trinajstić information content (AvgIpc) is 3.44. The average molecular weight is 399 g/mol. The summed E-state index contributed by atoms with van der Waals surface area (Å²) in [7, 11) is 0. The molecule has 0 radical (unpaired) electrons. The Labute approximate surface area is 171 Å². The van der Waals surface area contributed by atoms with Gasteiger partial charge in [0, 0.05) is 38.8 Å². The number of aromatic nitrogens is 3. The summed E-state index contributed by atoms with van der Waals surface area (Å²) in [5.74, 6) is 1.53. The zero-order valence-electron chi connectivity index (χ0n) is 17.2. The van der Waals surface area contributed by atoms with Crippen molar-refractivity contribution >= 4 is 22.8 Å². The van der Waals surface area contributed by atoms with E-state index >= 15 is 0 Å². The minimum absolute atomic E-state index is 0.195. The lowest BCUT2D eigenvalue weighted by Crippen LogP contribution is -2.51. The minimum Gasteiger partial charge on any atom is -0.356 e. The molecule has 0 saturated carbocycles. The van der Waals surface area contributed by atoms with Crippen molar-refractivity contribution < 1.29 is 9.32 Å². The zero-order chi connectivity index (χ0) is 19.8. The van der Waals surface area contributed by atoms with Gasteiger partial charge in [0.05, 0.1) is 11.6 Å². The van der Waals surface area contributed by atoms with Crippen molar-refractivity contribution in [2.45, 2.75) is 51.5 Å². The van der Waals surface area contributed by atoms with Crippen molar-refractivity contribution in [2.75, 3.05) is 44.2 Å². The monoisotopic (exact) mass is 398 g/mol. The molecule has 0 aliphatic carbocycles. The maximum absolute atomic E-state index is 12.9. The van der Waals surface area contributed by atoms with Crippen molar-refractivity contribution in [3.63, 3.8) is 0 Å². The van der Waals surface area contributed by atoms with Crippen LogP contribution in [0.2, 0.25) is 0 Å². The third-order valence-electron chi connectivity index (χ3n) is 6.92. The van der Waals surface area contributed by atoms with E-state index in [1.165, 1.54) is 12.8 Å². The number of likely N-dealkylation sites (tertiary alicyclic amines) is 2. The largest absolute Gasteiger partial charge is 0.356 e. The number of amides is 1. The van der Waals surface area contributed by atoms with E-state index in [1.54, 1.807) is 6.33 Å². The Morgan fingerprint density at radius 2 is 1.83 bits per heavy atom. The SMILES string of the molecule is Cc1noc2ncnc(N3CCC(N4CCC[C@@H](C(=O)N5CCCC5)C4)CC3)c12. The van der Waals surface area contributed by atoms with Crippen molar-refractivity contribution in [3.8, 4) is 0 Å². The van der Waals surface area contributed by atoms with Gasteiger partial charge in [-0.1, -0.05) is 5.16 Å². The molecule has 5 rings (SSSR count). The van der Waals surface area contributed by atoms with Crippen LogP contribution < -0.4 is 4.90 Å². The number of aryl methyl sites for hydroxylation is 1. The van der Waals surface area contributed by atoms with E-state index in [2.05, 4.69) is 29.8 Å². The summed E-state index contributed by atoms with van der Waals surface area (Å²) in [6, 6.07) is 0.557. The number of hydrogen-bond donors (Lipinski definition) is 0. The van der Waals surface area contributed by atoms with Gasteiger partial charge in [-0.3, -0.25) is 9.69 Å². The van der Waals surface area contributed by atoms with Crippen LogP contribution in [0, 0.1) is 12.8 Å². The van der Waals surface area contributed by atoms with Gasteiger partial charge in [-0.15, -0.1) is 0 Å². The van der Waals surface area contributed by atoms with Crippen molar-refractivity contribution in [2.24, 2.45) is 5.92 Å². The van der Waals surface area contributed by atoms with Crippen LogP contribution in [0.3, 0.4) is 0 Å². The Balaban J connectivity index is 1.22. The molecule has 3 aliphatic rings. The molecule has 1 amide bonds. The van der Waals surface area contributed by atoms with Gasteiger partial charge < -0.3 is 14.3 Å². The Kier molecular flexibility index (Phi) is 5.11. The highest BCUT2D eigenvalue weighted by Crippen LogP contribution is 2.30. The van der Waals surface area contributed by atoms with Crippen LogP contribution in [0.25, 0.3) is 11.1 Å². The molecule has 2 aromatic heterocycles. The Morgan fingerprint density at radius 1 is 1.03 bits per heavy atom. The van der Waals surface area contributed by atoms with Crippen LogP contribution in [0.15, 0.2) is 10.9 Å². The topological polar surface area (TPSA) is 78.6 Å². The highest BCUT2D eigenvalue weighted by Gasteiger charge is 2.34. The molecule has 0 bridgehead atoms. The summed E-state index contributed by atoms with van der Waals surface area (Å²) < 4.78 is 5.30. The Hall–Kier alpha value is -2.22. The smallest absolute Gasteiger partial charge is 0.263 e. The predicted octanol–water partition coefficient (Wildman–Crippen LogP) is 2.23. The van der Waals surface area contributed by atoms with Gasteiger partial charge in [0.2, 0.25) is 5.91 Å². The summed E-state index contributed by atoms with van der Waals surface area (Å²) in [4.78, 5) is 28.6. The molecule has 29 heavy (non-hydrogen) atoms. The zero-order valence-corrected chi connectivity index (χ0v) is 17.2. The van der Waals surface area contributed by atoms with Crippen molar-refractivity contribution in [1.82, 2.24) is 24.9 Å². The summed E-state index contributed by atoms with van der Waals surface area (Å²) in [6.07, 6.45) is 8.28. The molecule has 3 saturated heterocycles. The van der Waals surface area contributed by atoms with Crippen LogP contribution >= 0.6 is 0 Å². The first-order valence-electron chi connectivity index (χ1n) is 11.1. The number of anilines is 1. The van der Waals surface area contributed by atoms with Crippen LogP contribution in [-0.2, 0) is 4.79 Å². The number of fused-ring (bicyclic) bond motifs is 1. The third-order valence-corrected chi connectivity index (χ3v) is 6.92. The molecule has 5 heterocycles. The Bertz CT molecular complexity index is 869. The first-order chi connectivity index (χ1) is 14.2. The normalized spacial score (nSPS) is 24.5. The minimum atomic E-state index is 0.195. The summed E-state index contributed by atoms with van der Waals surface area (Å²) in [5.41, 5.74) is 1.41. The maximum atomic E-state index is 12.9. The highest BCUT2D eigenvalue weighted by molar-refractivity contribution is 5.87. The van der Waals surface area contributed by atoms with E-state index in [0.717, 1.165) is 81.8 Å². The fraction of sp³-hybridized carbons (Fsp3) is 0.714. The molecule has 3 fully saturated rings. The van der Waals surface area contributed by atoms with Crippen LogP contribution in [0.4, 0.5) is 5.82 Å². The van der Waals surface area contributed by atoms with Gasteiger partial charge in [-0.2, -0.15) is 4.98 Å². The predicted molar refractivity (Wildman–Crippen MR) is 110 cm³/mol. The molecule has 156 valence electrons. The molecular weight excluding hydrogens is 368 g/mol. The molecule has 0 unspecified atom stereocenters. The highest BCUT2D eigenvalue weighted by atomic mass is 16.5. The van der Waals surface area contributed by atoms with Gasteiger partial charge in [0.1, 0.15) is 17.5 Å². The van der Waals surface area contributed by atoms with E-state index in [-0.39, 0.29) is 5.92 Å². The maximum Gasteiger partial charge on any atom is 0.263 e. The van der Waals surface area contributed by atoms with Crippen molar-refractivity contribution in [1.29, 1.82) is 0 Å². The first-order valence-corrected chi connectivity index (χ1v) is 11.1. The molecule has 8 nitrogen and oxygen atoms in total. The molecule has 8 heteroatoms. The molecular formula is C21H30N6O2. The third kappa shape index (κ3) is 3.58. The summed E-state index contributed by atoms with van der Waals surface area (Å²) in [5, 5.41) is 4.98. The van der Waals surface area contributed by atoms with E-state index < -0.39 is 0 Å². The fourth-order valence-electron chi connectivity index (χ4n) is 5.32. The van der Waals surface area contributed by atoms with Crippen molar-refractivity contribution in [3.05, 3.63) is 12.0 Å². The molecule has 1 atom stereocenters. The quantitative estimate of drug-likeness (QED) is 0.784. The Morgan fingerprint density at radius 3 is 2.62 bits per heavy atom. The van der Waals surface area contributed by atoms with E-state index in [1.807, 2.05) is 6.92 Å². The van der Waals surface area contributed by atoms with Gasteiger partial charge >= 0.3 is 0 Å².